The molecule has 1 unspecified atom stereocenters. The molecule has 0 aliphatic heterocycles. The minimum atomic E-state index is -1.20. The van der Waals surface area contributed by atoms with Crippen molar-refractivity contribution in [3.05, 3.63) is 0 Å². The molecule has 1 N–H and O–H groups in total. The Bertz CT molecular complexity index is 710. The molecule has 258 valence electrons. The predicted octanol–water partition coefficient (Wildman–Crippen LogP) is 8.49. The van der Waals surface area contributed by atoms with Crippen molar-refractivity contribution in [1.82, 2.24) is 0 Å². The van der Waals surface area contributed by atoms with Crippen molar-refractivity contribution >= 4 is 23.9 Å². The molecule has 0 aliphatic carbocycles. The topological polar surface area (TPSA) is 125 Å². The first kappa shape index (κ1) is 41.8. The van der Waals surface area contributed by atoms with Crippen LogP contribution in [0, 0.1) is 0 Å². The fourth-order valence-corrected chi connectivity index (χ4v) is 4.94. The molecule has 0 aromatic heterocycles. The third-order valence-corrected chi connectivity index (χ3v) is 7.57. The van der Waals surface area contributed by atoms with Crippen LogP contribution in [0.4, 0.5) is 0 Å². The number of esters is 3. The highest BCUT2D eigenvalue weighted by Crippen LogP contribution is 2.14. The second-order valence-corrected chi connectivity index (χ2v) is 11.9. The Morgan fingerprint density at radius 1 is 0.477 bits per heavy atom. The smallest absolute Gasteiger partial charge is 0.332 e. The quantitative estimate of drug-likeness (QED) is 0.0432. The summed E-state index contributed by atoms with van der Waals surface area (Å²) in [4.78, 5) is 47.1. The van der Waals surface area contributed by atoms with Gasteiger partial charge >= 0.3 is 23.9 Å². The van der Waals surface area contributed by atoms with Crippen LogP contribution in [0.15, 0.2) is 0 Å². The number of carbonyl (C=O) groups is 4. The summed E-state index contributed by atoms with van der Waals surface area (Å²) in [5.41, 5.74) is 0. The van der Waals surface area contributed by atoms with E-state index in [1.165, 1.54) is 103 Å². The number of unbranched alkanes of at least 4 members (excludes halogenated alkanes) is 20. The van der Waals surface area contributed by atoms with Crippen LogP contribution in [-0.2, 0) is 38.1 Å². The molecule has 0 radical (unpaired) electrons. The van der Waals surface area contributed by atoms with E-state index in [0.717, 1.165) is 32.1 Å². The number of hydrogen-bond donors (Lipinski definition) is 1. The van der Waals surface area contributed by atoms with Gasteiger partial charge in [-0.3, -0.25) is 9.59 Å². The van der Waals surface area contributed by atoms with Crippen LogP contribution < -0.4 is 0 Å². The van der Waals surface area contributed by atoms with E-state index in [1.54, 1.807) is 0 Å². The van der Waals surface area contributed by atoms with Crippen molar-refractivity contribution in [3.8, 4) is 0 Å². The van der Waals surface area contributed by atoms with Gasteiger partial charge in [0.05, 0.1) is 0 Å². The van der Waals surface area contributed by atoms with E-state index < -0.39 is 37.2 Å². The molecule has 9 heteroatoms. The molecule has 0 amide bonds. The highest BCUT2D eigenvalue weighted by Gasteiger charge is 2.19. The molecule has 44 heavy (non-hydrogen) atoms. The molecule has 0 heterocycles. The lowest BCUT2D eigenvalue weighted by Crippen LogP contribution is -2.31. The first-order chi connectivity index (χ1) is 21.4. The van der Waals surface area contributed by atoms with Gasteiger partial charge in [-0.1, -0.05) is 142 Å². The van der Waals surface area contributed by atoms with Crippen LogP contribution >= 0.6 is 0 Å². The van der Waals surface area contributed by atoms with Gasteiger partial charge in [0.15, 0.2) is 6.10 Å². The number of rotatable bonds is 33. The summed E-state index contributed by atoms with van der Waals surface area (Å²) in [7, 11) is 0. The fourth-order valence-electron chi connectivity index (χ4n) is 4.94. The second-order valence-electron chi connectivity index (χ2n) is 11.9. The van der Waals surface area contributed by atoms with E-state index in [4.69, 9.17) is 24.1 Å². The number of carboxylic acids is 1. The minimum absolute atomic E-state index is 0.204. The largest absolute Gasteiger partial charge is 0.480 e. The van der Waals surface area contributed by atoms with Crippen LogP contribution in [0.5, 0.6) is 0 Å². The summed E-state index contributed by atoms with van der Waals surface area (Å²) in [6.07, 6.45) is 25.6. The van der Waals surface area contributed by atoms with Gasteiger partial charge in [-0.05, 0) is 12.8 Å². The van der Waals surface area contributed by atoms with Gasteiger partial charge in [0.2, 0.25) is 0 Å². The summed E-state index contributed by atoms with van der Waals surface area (Å²) in [5.74, 6) is -2.78. The molecule has 1 atom stereocenters. The molecule has 9 nitrogen and oxygen atoms in total. The fraction of sp³-hybridized carbons (Fsp3) is 0.886. The van der Waals surface area contributed by atoms with E-state index >= 15 is 0 Å². The van der Waals surface area contributed by atoms with Gasteiger partial charge in [0.1, 0.15) is 26.4 Å². The molecular formula is C35H64O9. The third-order valence-electron chi connectivity index (χ3n) is 7.57. The van der Waals surface area contributed by atoms with Crippen molar-refractivity contribution in [2.75, 3.05) is 26.4 Å². The van der Waals surface area contributed by atoms with Crippen LogP contribution in [0.25, 0.3) is 0 Å². The normalized spacial score (nSPS) is 11.7. The maximum absolute atomic E-state index is 12.4. The predicted molar refractivity (Wildman–Crippen MR) is 172 cm³/mol. The van der Waals surface area contributed by atoms with Crippen molar-refractivity contribution in [2.45, 2.75) is 174 Å². The molecule has 0 saturated carbocycles. The monoisotopic (exact) mass is 628 g/mol. The lowest BCUT2D eigenvalue weighted by molar-refractivity contribution is -0.168. The number of aliphatic carboxylic acids is 1. The van der Waals surface area contributed by atoms with Gasteiger partial charge < -0.3 is 24.1 Å². The Labute approximate surface area is 267 Å². The Hall–Kier alpha value is -2.16. The third kappa shape index (κ3) is 31.3. The summed E-state index contributed by atoms with van der Waals surface area (Å²) < 4.78 is 20.6. The van der Waals surface area contributed by atoms with Crippen molar-refractivity contribution in [3.63, 3.8) is 0 Å². The Kier molecular flexibility index (Phi) is 30.7. The van der Waals surface area contributed by atoms with Crippen LogP contribution in [0.3, 0.4) is 0 Å². The van der Waals surface area contributed by atoms with Gasteiger partial charge in [0.25, 0.3) is 0 Å². The number of carboxylic acid groups (broad SMARTS) is 1. The number of hydrogen-bond acceptors (Lipinski definition) is 8. The zero-order valence-electron chi connectivity index (χ0n) is 28.1. The number of ether oxygens (including phenoxy) is 4. The standard InChI is InChI=1S/C35H64O9/c1-3-5-7-9-11-13-15-17-19-21-23-25-33(38)42-27-31(28-43-35(40)30-41-29-32(36)37)44-34(39)26-24-22-20-18-16-14-12-10-8-6-4-2/h31H,3-30H2,1-2H3,(H,36,37). The van der Waals surface area contributed by atoms with E-state index in [0.29, 0.717) is 12.8 Å². The van der Waals surface area contributed by atoms with Crippen LogP contribution in [-0.4, -0.2) is 61.5 Å². The second kappa shape index (κ2) is 32.2. The van der Waals surface area contributed by atoms with E-state index in [9.17, 15) is 19.2 Å². The lowest BCUT2D eigenvalue weighted by Gasteiger charge is -2.18. The van der Waals surface area contributed by atoms with E-state index in [2.05, 4.69) is 13.8 Å². The zero-order chi connectivity index (χ0) is 32.5. The molecule has 0 aromatic carbocycles. The molecular weight excluding hydrogens is 564 g/mol. The van der Waals surface area contributed by atoms with Crippen molar-refractivity contribution in [2.24, 2.45) is 0 Å². The Morgan fingerprint density at radius 2 is 0.841 bits per heavy atom. The van der Waals surface area contributed by atoms with Crippen LogP contribution in [0.1, 0.15) is 168 Å². The van der Waals surface area contributed by atoms with Gasteiger partial charge in [-0.15, -0.1) is 0 Å². The van der Waals surface area contributed by atoms with Gasteiger partial charge in [-0.2, -0.15) is 0 Å². The minimum Gasteiger partial charge on any atom is -0.480 e. The highest BCUT2D eigenvalue weighted by atomic mass is 16.6. The van der Waals surface area contributed by atoms with Gasteiger partial charge in [0, 0.05) is 12.8 Å². The van der Waals surface area contributed by atoms with Crippen molar-refractivity contribution in [1.29, 1.82) is 0 Å². The maximum Gasteiger partial charge on any atom is 0.332 e. The van der Waals surface area contributed by atoms with Crippen LogP contribution in [0.2, 0.25) is 0 Å². The summed E-state index contributed by atoms with van der Waals surface area (Å²) >= 11 is 0. The molecule has 0 fully saturated rings. The number of carbonyl (C=O) groups excluding carboxylic acids is 3. The summed E-state index contributed by atoms with van der Waals surface area (Å²) in [5, 5.41) is 8.62. The summed E-state index contributed by atoms with van der Waals surface area (Å²) in [6.45, 7) is 2.79. The SMILES string of the molecule is CCCCCCCCCCCCCC(=O)OCC(COC(=O)COCC(=O)O)OC(=O)CCCCCCCCCCCCC. The molecule has 0 saturated heterocycles. The van der Waals surface area contributed by atoms with Crippen molar-refractivity contribution < 1.29 is 43.2 Å². The average Bonchev–Trinajstić information content (AvgIpc) is 2.99. The zero-order valence-corrected chi connectivity index (χ0v) is 28.1. The maximum atomic E-state index is 12.4. The Morgan fingerprint density at radius 3 is 1.25 bits per heavy atom. The Balaban J connectivity index is 4.25. The van der Waals surface area contributed by atoms with Gasteiger partial charge in [-0.25, -0.2) is 9.59 Å². The first-order valence-corrected chi connectivity index (χ1v) is 17.7. The summed E-state index contributed by atoms with van der Waals surface area (Å²) in [6, 6.07) is 0. The average molecular weight is 629 g/mol. The molecule has 0 aliphatic rings. The molecule has 0 bridgehead atoms. The first-order valence-electron chi connectivity index (χ1n) is 17.7. The molecule has 0 aromatic rings. The van der Waals surface area contributed by atoms with E-state index in [-0.39, 0.29) is 25.6 Å². The highest BCUT2D eigenvalue weighted by molar-refractivity contribution is 5.72. The lowest BCUT2D eigenvalue weighted by atomic mass is 10.1. The molecule has 0 spiro atoms. The van der Waals surface area contributed by atoms with E-state index in [1.807, 2.05) is 0 Å². The molecule has 0 rings (SSSR count).